The lowest BCUT2D eigenvalue weighted by molar-refractivity contribution is -0.139. The molecular weight excluding hydrogens is 506 g/mol. The number of sulfone groups is 1. The number of halogens is 8. The lowest BCUT2D eigenvalue weighted by atomic mass is 10.2. The Morgan fingerprint density at radius 1 is 0.680 bits per heavy atom. The summed E-state index contributed by atoms with van der Waals surface area (Å²) in [5.74, 6) is 0. The zero-order chi connectivity index (χ0) is 19.2. The zero-order valence-electron chi connectivity index (χ0n) is 11.7. The first-order chi connectivity index (χ1) is 11.2. The molecule has 0 aliphatic carbocycles. The zero-order valence-corrected chi connectivity index (χ0v) is 15.7. The van der Waals surface area contributed by atoms with Gasteiger partial charge in [-0.05, 0) is 36.4 Å². The van der Waals surface area contributed by atoms with E-state index in [4.69, 9.17) is 0 Å². The highest BCUT2D eigenvalue weighted by Crippen LogP contribution is 2.39. The number of rotatable bonds is 2. The van der Waals surface area contributed by atoms with Crippen molar-refractivity contribution in [2.45, 2.75) is 22.1 Å². The SMILES string of the molecule is O=S(=O)(c1ccc(Br)c(C(F)(F)F)c1)c1ccc(Br)c(C(F)(F)F)c1. The first-order valence-electron chi connectivity index (χ1n) is 6.23. The molecule has 0 unspecified atom stereocenters. The first kappa shape index (κ1) is 20.2. The predicted octanol–water partition coefficient (Wildman–Crippen LogP) is 6.08. The third kappa shape index (κ3) is 4.20. The lowest BCUT2D eigenvalue weighted by Gasteiger charge is -2.13. The monoisotopic (exact) mass is 510 g/mol. The molecule has 0 N–H and O–H groups in total. The Morgan fingerprint density at radius 2 is 1.00 bits per heavy atom. The first-order valence-corrected chi connectivity index (χ1v) is 9.30. The molecule has 0 amide bonds. The largest absolute Gasteiger partial charge is 0.417 e. The average Bonchev–Trinajstić information content (AvgIpc) is 2.45. The number of hydrogen-bond donors (Lipinski definition) is 0. The van der Waals surface area contributed by atoms with Gasteiger partial charge in [0.1, 0.15) is 0 Å². The molecule has 11 heteroatoms. The van der Waals surface area contributed by atoms with Crippen molar-refractivity contribution in [1.29, 1.82) is 0 Å². The van der Waals surface area contributed by atoms with Crippen molar-refractivity contribution >= 4 is 41.7 Å². The highest BCUT2D eigenvalue weighted by Gasteiger charge is 2.36. The molecule has 2 rings (SSSR count). The van der Waals surface area contributed by atoms with Crippen LogP contribution in [-0.4, -0.2) is 8.42 Å². The Morgan fingerprint density at radius 3 is 1.28 bits per heavy atom. The third-order valence-electron chi connectivity index (χ3n) is 3.11. The Kier molecular flexibility index (Phi) is 5.33. The fourth-order valence-electron chi connectivity index (χ4n) is 1.91. The molecule has 2 nitrogen and oxygen atoms in total. The van der Waals surface area contributed by atoms with Gasteiger partial charge in [0, 0.05) is 8.95 Å². The Bertz CT molecular complexity index is 850. The fourth-order valence-corrected chi connectivity index (χ4v) is 4.17. The summed E-state index contributed by atoms with van der Waals surface area (Å²) in [5.41, 5.74) is -2.50. The van der Waals surface area contributed by atoms with Crippen molar-refractivity contribution in [2.24, 2.45) is 0 Å². The summed E-state index contributed by atoms with van der Waals surface area (Å²) in [6, 6.07) is 4.25. The third-order valence-corrected chi connectivity index (χ3v) is 6.24. The van der Waals surface area contributed by atoms with Gasteiger partial charge in [-0.1, -0.05) is 31.9 Å². The second kappa shape index (κ2) is 6.58. The molecule has 0 spiro atoms. The van der Waals surface area contributed by atoms with E-state index in [1.165, 1.54) is 0 Å². The van der Waals surface area contributed by atoms with Gasteiger partial charge in [-0.25, -0.2) is 8.42 Å². The van der Waals surface area contributed by atoms with Crippen molar-refractivity contribution in [1.82, 2.24) is 0 Å². The van der Waals surface area contributed by atoms with E-state index in [1.807, 2.05) is 0 Å². The molecule has 136 valence electrons. The van der Waals surface area contributed by atoms with E-state index in [9.17, 15) is 34.8 Å². The van der Waals surface area contributed by atoms with Crippen LogP contribution in [0.25, 0.3) is 0 Å². The molecule has 0 atom stereocenters. The standard InChI is InChI=1S/C14H6Br2F6O2S/c15-11-3-1-7(5-9(11)13(17,18)19)25(23,24)8-2-4-12(16)10(6-8)14(20,21)22/h1-6H. The van der Waals surface area contributed by atoms with E-state index in [1.54, 1.807) is 0 Å². The number of alkyl halides is 6. The molecule has 0 radical (unpaired) electrons. The lowest BCUT2D eigenvalue weighted by Crippen LogP contribution is -2.11. The molecule has 0 bridgehead atoms. The maximum absolute atomic E-state index is 12.9. The summed E-state index contributed by atoms with van der Waals surface area (Å²) >= 11 is 5.33. The van der Waals surface area contributed by atoms with Crippen molar-refractivity contribution < 1.29 is 34.8 Å². The Labute approximate surface area is 155 Å². The highest BCUT2D eigenvalue weighted by molar-refractivity contribution is 9.10. The van der Waals surface area contributed by atoms with E-state index in [2.05, 4.69) is 31.9 Å². The van der Waals surface area contributed by atoms with E-state index in [0.29, 0.717) is 12.1 Å². The average molecular weight is 512 g/mol. The summed E-state index contributed by atoms with van der Waals surface area (Å²) in [6.45, 7) is 0. The summed E-state index contributed by atoms with van der Waals surface area (Å²) in [6.07, 6.45) is -9.66. The van der Waals surface area contributed by atoms with Gasteiger partial charge in [0.05, 0.1) is 20.9 Å². The van der Waals surface area contributed by atoms with Crippen LogP contribution in [0.4, 0.5) is 26.3 Å². The number of hydrogen-bond acceptors (Lipinski definition) is 2. The van der Waals surface area contributed by atoms with Crippen molar-refractivity contribution in [3.63, 3.8) is 0 Å². The van der Waals surface area contributed by atoms with Gasteiger partial charge in [0.25, 0.3) is 0 Å². The molecule has 0 fully saturated rings. The normalized spacial score (nSPS) is 13.1. The van der Waals surface area contributed by atoms with Gasteiger partial charge >= 0.3 is 12.4 Å². The summed E-state index contributed by atoms with van der Waals surface area (Å²) < 4.78 is 102. The van der Waals surface area contributed by atoms with Crippen LogP contribution in [0, 0.1) is 0 Å². The smallest absolute Gasteiger partial charge is 0.219 e. The van der Waals surface area contributed by atoms with Crippen LogP contribution in [0.1, 0.15) is 11.1 Å². The van der Waals surface area contributed by atoms with E-state index in [0.717, 1.165) is 24.3 Å². The van der Waals surface area contributed by atoms with Crippen molar-refractivity contribution in [3.8, 4) is 0 Å². The summed E-state index contributed by atoms with van der Waals surface area (Å²) in [4.78, 5) is -1.53. The van der Waals surface area contributed by atoms with Gasteiger partial charge in [-0.2, -0.15) is 26.3 Å². The minimum Gasteiger partial charge on any atom is -0.219 e. The maximum atomic E-state index is 12.9. The van der Waals surface area contributed by atoms with Crippen LogP contribution in [0.3, 0.4) is 0 Å². The predicted molar refractivity (Wildman–Crippen MR) is 83.7 cm³/mol. The van der Waals surface area contributed by atoms with Crippen LogP contribution >= 0.6 is 31.9 Å². The molecule has 0 aliphatic heterocycles. The van der Waals surface area contributed by atoms with E-state index < -0.39 is 43.1 Å². The van der Waals surface area contributed by atoms with Gasteiger partial charge in [-0.15, -0.1) is 0 Å². The molecule has 25 heavy (non-hydrogen) atoms. The maximum Gasteiger partial charge on any atom is 0.417 e. The van der Waals surface area contributed by atoms with E-state index in [-0.39, 0.29) is 8.95 Å². The molecule has 0 saturated carbocycles. The molecule has 0 saturated heterocycles. The van der Waals surface area contributed by atoms with Crippen LogP contribution in [-0.2, 0) is 22.2 Å². The number of benzene rings is 2. The second-order valence-corrected chi connectivity index (χ2v) is 8.44. The summed E-state index contributed by atoms with van der Waals surface area (Å²) in [7, 11) is -4.58. The molecule has 0 heterocycles. The van der Waals surface area contributed by atoms with Gasteiger partial charge in [0.2, 0.25) is 9.84 Å². The van der Waals surface area contributed by atoms with Crippen LogP contribution < -0.4 is 0 Å². The van der Waals surface area contributed by atoms with Crippen molar-refractivity contribution in [3.05, 3.63) is 56.5 Å². The Hall–Kier alpha value is -1.07. The summed E-state index contributed by atoms with van der Waals surface area (Å²) in [5, 5.41) is 0. The van der Waals surface area contributed by atoms with Gasteiger partial charge in [-0.3, -0.25) is 0 Å². The molecular formula is C14H6Br2F6O2S. The Balaban J connectivity index is 2.65. The van der Waals surface area contributed by atoms with Crippen LogP contribution in [0.2, 0.25) is 0 Å². The van der Waals surface area contributed by atoms with Crippen LogP contribution in [0.5, 0.6) is 0 Å². The van der Waals surface area contributed by atoms with Gasteiger partial charge < -0.3 is 0 Å². The van der Waals surface area contributed by atoms with Crippen molar-refractivity contribution in [2.75, 3.05) is 0 Å². The molecule has 2 aromatic rings. The van der Waals surface area contributed by atoms with Gasteiger partial charge in [0.15, 0.2) is 0 Å². The highest BCUT2D eigenvalue weighted by atomic mass is 79.9. The quantitative estimate of drug-likeness (QED) is 0.458. The second-order valence-electron chi connectivity index (χ2n) is 4.78. The minimum absolute atomic E-state index is 0.370. The molecule has 2 aromatic carbocycles. The minimum atomic E-state index is -4.83. The molecule has 0 aromatic heterocycles. The topological polar surface area (TPSA) is 34.1 Å². The van der Waals surface area contributed by atoms with E-state index >= 15 is 0 Å². The van der Waals surface area contributed by atoms with Crippen LogP contribution in [0.15, 0.2) is 55.1 Å². The fraction of sp³-hybridized carbons (Fsp3) is 0.143. The molecule has 0 aliphatic rings.